The molecule has 0 radical (unpaired) electrons. The number of nitrogens with zero attached hydrogens (tertiary/aromatic N) is 1. The molecule has 1 saturated heterocycles. The number of hydrogen-bond acceptors (Lipinski definition) is 4. The molecular formula is C25H32F5NO4S4. The van der Waals surface area contributed by atoms with Crippen LogP contribution < -0.4 is 0 Å². The highest BCUT2D eigenvalue weighted by atomic mass is 32.2. The average Bonchev–Trinajstić information content (AvgIpc) is 2.81. The number of alkyl halides is 3. The number of sulfone groups is 1. The van der Waals surface area contributed by atoms with Gasteiger partial charge in [-0.05, 0) is 74.1 Å². The van der Waals surface area contributed by atoms with Gasteiger partial charge in [-0.2, -0.15) is 44.5 Å². The molecule has 5 nitrogen and oxygen atoms in total. The van der Waals surface area contributed by atoms with Crippen LogP contribution in [-0.2, 0) is 30.8 Å². The van der Waals surface area contributed by atoms with Gasteiger partial charge in [-0.3, -0.25) is 0 Å². The van der Waals surface area contributed by atoms with Crippen LogP contribution in [-0.4, -0.2) is 39.5 Å². The van der Waals surface area contributed by atoms with Crippen LogP contribution in [0.1, 0.15) is 44.2 Å². The Bertz CT molecular complexity index is 1380. The fraction of sp³-hybridized carbons (Fsp3) is 0.440. The summed E-state index contributed by atoms with van der Waals surface area (Å²) in [5.41, 5.74) is -1.46. The molecule has 0 amide bonds. The zero-order valence-electron chi connectivity index (χ0n) is 20.0. The van der Waals surface area contributed by atoms with Crippen molar-refractivity contribution in [1.29, 1.82) is 0 Å². The highest BCUT2D eigenvalue weighted by Crippen LogP contribution is 2.52. The minimum absolute atomic E-state index is 0. The number of hydrogen-bond donors (Lipinski definition) is 0. The molecule has 1 aliphatic carbocycles. The van der Waals surface area contributed by atoms with Gasteiger partial charge in [-0.25, -0.2) is 25.6 Å². The monoisotopic (exact) mass is 633 g/mol. The van der Waals surface area contributed by atoms with Crippen molar-refractivity contribution < 1.29 is 38.8 Å². The highest BCUT2D eigenvalue weighted by Gasteiger charge is 2.55. The van der Waals surface area contributed by atoms with Gasteiger partial charge < -0.3 is 0 Å². The van der Waals surface area contributed by atoms with Gasteiger partial charge in [0.2, 0.25) is 10.0 Å². The van der Waals surface area contributed by atoms with Crippen LogP contribution in [0, 0.1) is 17.6 Å². The third kappa shape index (κ3) is 6.34. The van der Waals surface area contributed by atoms with Crippen molar-refractivity contribution in [3.63, 3.8) is 0 Å². The van der Waals surface area contributed by atoms with Gasteiger partial charge in [0.05, 0.1) is 16.2 Å². The van der Waals surface area contributed by atoms with E-state index in [1.165, 1.54) is 10.4 Å². The second-order valence-electron chi connectivity index (χ2n) is 9.18. The molecule has 3 atom stereocenters. The van der Waals surface area contributed by atoms with Crippen LogP contribution >= 0.6 is 27.0 Å². The Morgan fingerprint density at radius 1 is 1.05 bits per heavy atom. The van der Waals surface area contributed by atoms with Gasteiger partial charge >= 0.3 is 6.18 Å². The number of fused-ring (bicyclic) bond motifs is 1. The van der Waals surface area contributed by atoms with Gasteiger partial charge in [0.1, 0.15) is 16.4 Å². The molecule has 1 heterocycles. The molecular weight excluding hydrogens is 602 g/mol. The molecule has 0 unspecified atom stereocenters. The lowest BCUT2D eigenvalue weighted by molar-refractivity contribution is -0.137. The van der Waals surface area contributed by atoms with Crippen LogP contribution in [0.3, 0.4) is 0 Å². The molecule has 220 valence electrons. The fourth-order valence-corrected chi connectivity index (χ4v) is 9.55. The van der Waals surface area contributed by atoms with Crippen molar-refractivity contribution in [3.8, 4) is 0 Å². The van der Waals surface area contributed by atoms with Crippen molar-refractivity contribution in [1.82, 2.24) is 4.31 Å². The Labute approximate surface area is 240 Å². The molecule has 1 saturated carbocycles. The zero-order valence-corrected chi connectivity index (χ0v) is 23.6. The van der Waals surface area contributed by atoms with Crippen LogP contribution in [0.25, 0.3) is 0 Å². The van der Waals surface area contributed by atoms with Gasteiger partial charge in [-0.15, -0.1) is 6.58 Å². The van der Waals surface area contributed by atoms with Gasteiger partial charge in [0, 0.05) is 18.2 Å². The lowest BCUT2D eigenvalue weighted by Crippen LogP contribution is -2.56. The highest BCUT2D eigenvalue weighted by molar-refractivity contribution is 7.92. The van der Waals surface area contributed by atoms with Crippen molar-refractivity contribution >= 4 is 46.9 Å². The Morgan fingerprint density at radius 3 is 2.23 bits per heavy atom. The third-order valence-electron chi connectivity index (χ3n) is 7.19. The first-order valence-electron chi connectivity index (χ1n) is 11.2. The van der Waals surface area contributed by atoms with E-state index in [1.54, 1.807) is 0 Å². The summed E-state index contributed by atoms with van der Waals surface area (Å²) in [4.78, 5) is -0.455. The minimum Gasteiger partial charge on any atom is -0.223 e. The van der Waals surface area contributed by atoms with Crippen LogP contribution in [0.4, 0.5) is 22.0 Å². The SMILES string of the molecule is C.C=CCN1[C@@H]2CC[C@](c3cc(F)ccc3F)(S(=O)(=O)c3ccc(C(F)(F)F)cc3)C[C@@H]2CCS1(=O)=O.S.S. The number of rotatable bonds is 5. The van der Waals surface area contributed by atoms with Crippen LogP contribution in [0.15, 0.2) is 60.0 Å². The summed E-state index contributed by atoms with van der Waals surface area (Å²) in [5.74, 6) is -2.58. The maximum atomic E-state index is 15.1. The predicted octanol–water partition coefficient (Wildman–Crippen LogP) is 5.90. The number of benzene rings is 2. The van der Waals surface area contributed by atoms with Crippen LogP contribution in [0.5, 0.6) is 0 Å². The molecule has 0 aromatic heterocycles. The predicted molar refractivity (Wildman–Crippen MR) is 151 cm³/mol. The maximum Gasteiger partial charge on any atom is 0.416 e. The van der Waals surface area contributed by atoms with E-state index >= 15 is 4.39 Å². The largest absolute Gasteiger partial charge is 0.416 e. The second-order valence-corrected chi connectivity index (χ2v) is 13.5. The number of sulfonamides is 1. The molecule has 39 heavy (non-hydrogen) atoms. The molecule has 2 aromatic carbocycles. The standard InChI is InChI=1S/C24H24F5NO4S2.CH4.2H2S/c1-2-12-30-22-9-11-23(15-16(22)10-13-35(30,31)32,20-14-18(25)5-8-21(20)26)36(33,34)19-6-3-17(4-7-19)24(27,28)29;;;/h2-8,14,16,22H,1,9-13,15H2;1H4;2*1H2/t16-,22+,23-;;;/m0.../s1. The minimum atomic E-state index is -4.69. The maximum absolute atomic E-state index is 15.1. The molecule has 0 N–H and O–H groups in total. The van der Waals surface area contributed by atoms with Crippen LogP contribution in [0.2, 0.25) is 0 Å². The van der Waals surface area contributed by atoms with E-state index in [0.717, 1.165) is 30.3 Å². The Hall–Kier alpha value is -1.61. The second kappa shape index (κ2) is 12.5. The van der Waals surface area contributed by atoms with Gasteiger partial charge in [-0.1, -0.05) is 13.5 Å². The summed E-state index contributed by atoms with van der Waals surface area (Å²) in [7, 11) is -8.16. The summed E-state index contributed by atoms with van der Waals surface area (Å²) in [5, 5.41) is 0. The number of halogens is 5. The van der Waals surface area contributed by atoms with E-state index in [1.807, 2.05) is 0 Å². The first-order chi connectivity index (χ1) is 16.7. The van der Waals surface area contributed by atoms with Gasteiger partial charge in [0.15, 0.2) is 9.84 Å². The molecule has 0 spiro atoms. The van der Waals surface area contributed by atoms with E-state index in [4.69, 9.17) is 0 Å². The van der Waals surface area contributed by atoms with Crippen molar-refractivity contribution in [3.05, 3.63) is 77.9 Å². The molecule has 4 rings (SSSR count). The van der Waals surface area contributed by atoms with E-state index < -0.39 is 70.4 Å². The Kier molecular flexibility index (Phi) is 11.3. The van der Waals surface area contributed by atoms with Crippen molar-refractivity contribution in [2.75, 3.05) is 12.3 Å². The first kappa shape index (κ1) is 35.4. The fourth-order valence-electron chi connectivity index (χ4n) is 5.48. The Morgan fingerprint density at radius 2 is 1.67 bits per heavy atom. The van der Waals surface area contributed by atoms with Crippen molar-refractivity contribution in [2.24, 2.45) is 5.92 Å². The zero-order chi connectivity index (χ0) is 26.5. The van der Waals surface area contributed by atoms with E-state index in [0.29, 0.717) is 12.1 Å². The molecule has 0 bridgehead atoms. The summed E-state index contributed by atoms with van der Waals surface area (Å²) in [6.07, 6.45) is -3.58. The summed E-state index contributed by atoms with van der Waals surface area (Å²) < 4.78 is 121. The molecule has 14 heteroatoms. The van der Waals surface area contributed by atoms with E-state index in [2.05, 4.69) is 6.58 Å². The van der Waals surface area contributed by atoms with Crippen molar-refractivity contribution in [2.45, 2.75) is 55.0 Å². The summed E-state index contributed by atoms with van der Waals surface area (Å²) in [6.45, 7) is 3.61. The smallest absolute Gasteiger partial charge is 0.223 e. The quantitative estimate of drug-likeness (QED) is 0.304. The first-order valence-corrected chi connectivity index (χ1v) is 14.3. The van der Waals surface area contributed by atoms with E-state index in [-0.39, 0.29) is 72.4 Å². The Balaban J connectivity index is 0.00000253. The molecule has 2 aromatic rings. The lowest BCUT2D eigenvalue weighted by Gasteiger charge is -2.49. The average molecular weight is 634 g/mol. The third-order valence-corrected chi connectivity index (χ3v) is 11.6. The molecule has 2 fully saturated rings. The lowest BCUT2D eigenvalue weighted by atomic mass is 9.73. The summed E-state index contributed by atoms with van der Waals surface area (Å²) >= 11 is 0. The summed E-state index contributed by atoms with van der Waals surface area (Å²) in [6, 6.07) is 4.81. The molecule has 1 aliphatic heterocycles. The van der Waals surface area contributed by atoms with E-state index in [9.17, 15) is 34.4 Å². The topological polar surface area (TPSA) is 71.5 Å². The normalized spacial score (nSPS) is 24.7. The molecule has 2 aliphatic rings. The van der Waals surface area contributed by atoms with Gasteiger partial charge in [0.25, 0.3) is 0 Å².